The van der Waals surface area contributed by atoms with Crippen molar-refractivity contribution in [2.75, 3.05) is 23.4 Å². The minimum atomic E-state index is -0.494. The molecule has 35 heavy (non-hydrogen) atoms. The van der Waals surface area contributed by atoms with E-state index in [0.29, 0.717) is 24.9 Å². The van der Waals surface area contributed by atoms with E-state index in [4.69, 9.17) is 5.73 Å². The lowest BCUT2D eigenvalue weighted by atomic mass is 9.97. The molecule has 1 aliphatic heterocycles. The van der Waals surface area contributed by atoms with Gasteiger partial charge in [0.05, 0.1) is 5.51 Å². The molecule has 0 spiro atoms. The Morgan fingerprint density at radius 1 is 1.11 bits per heavy atom. The lowest BCUT2D eigenvalue weighted by Crippen LogP contribution is -2.48. The SMILES string of the molecule is CN(c1cscn1)[C@@H](Cc1ccccc1)C(=O)N1CCc2c(C(N)=O)cc(-c3ccncc3)cc21. The van der Waals surface area contributed by atoms with Crippen LogP contribution in [0, 0.1) is 0 Å². The van der Waals surface area contributed by atoms with E-state index in [0.717, 1.165) is 33.8 Å². The fourth-order valence-electron chi connectivity index (χ4n) is 4.61. The number of rotatable bonds is 7. The lowest BCUT2D eigenvalue weighted by molar-refractivity contribution is -0.119. The molecule has 2 aromatic heterocycles. The molecule has 0 unspecified atom stereocenters. The van der Waals surface area contributed by atoms with E-state index in [1.807, 2.05) is 71.9 Å². The van der Waals surface area contributed by atoms with Crippen LogP contribution in [0.5, 0.6) is 0 Å². The summed E-state index contributed by atoms with van der Waals surface area (Å²) < 4.78 is 0. The van der Waals surface area contributed by atoms with Crippen LogP contribution >= 0.6 is 11.3 Å². The number of carbonyl (C=O) groups excluding carboxylic acids is 2. The predicted molar refractivity (Wildman–Crippen MR) is 139 cm³/mol. The first-order chi connectivity index (χ1) is 17.0. The number of hydrogen-bond acceptors (Lipinski definition) is 6. The zero-order valence-electron chi connectivity index (χ0n) is 19.3. The van der Waals surface area contributed by atoms with Crippen molar-refractivity contribution in [2.45, 2.75) is 18.9 Å². The van der Waals surface area contributed by atoms with E-state index in [9.17, 15) is 9.59 Å². The van der Waals surface area contributed by atoms with Gasteiger partial charge in [-0.3, -0.25) is 14.6 Å². The Morgan fingerprint density at radius 3 is 2.57 bits per heavy atom. The van der Waals surface area contributed by atoms with Gasteiger partial charge in [0, 0.05) is 49.0 Å². The molecule has 1 atom stereocenters. The Balaban J connectivity index is 1.55. The minimum absolute atomic E-state index is 0.0367. The van der Waals surface area contributed by atoms with Crippen molar-refractivity contribution in [1.29, 1.82) is 0 Å². The fourth-order valence-corrected chi connectivity index (χ4v) is 5.19. The number of carbonyl (C=O) groups is 2. The summed E-state index contributed by atoms with van der Waals surface area (Å²) in [5.41, 5.74) is 12.3. The van der Waals surface area contributed by atoms with Crippen molar-refractivity contribution in [3.05, 3.63) is 94.6 Å². The smallest absolute Gasteiger partial charge is 0.250 e. The van der Waals surface area contributed by atoms with Crippen LogP contribution in [-0.2, 0) is 17.6 Å². The second-order valence-electron chi connectivity index (χ2n) is 8.52. The highest BCUT2D eigenvalue weighted by molar-refractivity contribution is 7.07. The number of nitrogens with two attached hydrogens (primary N) is 1. The zero-order chi connectivity index (χ0) is 24.4. The third kappa shape index (κ3) is 4.52. The predicted octanol–water partition coefficient (Wildman–Crippen LogP) is 3.94. The monoisotopic (exact) mass is 483 g/mol. The first-order valence-electron chi connectivity index (χ1n) is 11.4. The summed E-state index contributed by atoms with van der Waals surface area (Å²) >= 11 is 1.49. The molecule has 0 saturated carbocycles. The second-order valence-corrected chi connectivity index (χ2v) is 9.24. The van der Waals surface area contributed by atoms with Gasteiger partial charge in [0.25, 0.3) is 0 Å². The van der Waals surface area contributed by atoms with Crippen molar-refractivity contribution < 1.29 is 9.59 Å². The summed E-state index contributed by atoms with van der Waals surface area (Å²) in [5, 5.41) is 1.94. The van der Waals surface area contributed by atoms with Crippen LogP contribution in [0.2, 0.25) is 0 Å². The van der Waals surface area contributed by atoms with Crippen molar-refractivity contribution in [3.63, 3.8) is 0 Å². The van der Waals surface area contributed by atoms with Gasteiger partial charge in [-0.1, -0.05) is 30.3 Å². The fraction of sp³-hybridized carbons (Fsp3) is 0.185. The van der Waals surface area contributed by atoms with Gasteiger partial charge in [0.2, 0.25) is 11.8 Å². The van der Waals surface area contributed by atoms with Crippen LogP contribution < -0.4 is 15.5 Å². The molecule has 2 aromatic carbocycles. The summed E-state index contributed by atoms with van der Waals surface area (Å²) in [6, 6.07) is 17.1. The highest BCUT2D eigenvalue weighted by Crippen LogP contribution is 2.36. The molecule has 0 radical (unpaired) electrons. The number of hydrogen-bond donors (Lipinski definition) is 1. The molecule has 7 nitrogen and oxygen atoms in total. The standard InChI is InChI=1S/C27H25N5O2S/c1-31(25-16-35-17-30-25)24(13-18-5-3-2-4-6-18)27(34)32-12-9-21-22(26(28)33)14-20(15-23(21)32)19-7-10-29-11-8-19/h2-8,10-11,14-17,24H,9,12-13H2,1H3,(H2,28,33)/t24-/m0/s1. The summed E-state index contributed by atoms with van der Waals surface area (Å²) in [7, 11) is 1.90. The first kappa shape index (κ1) is 22.7. The number of fused-ring (bicyclic) bond motifs is 1. The Labute approximate surface area is 207 Å². The normalized spacial score (nSPS) is 13.3. The molecular weight excluding hydrogens is 458 g/mol. The van der Waals surface area contributed by atoms with Gasteiger partial charge >= 0.3 is 0 Å². The minimum Gasteiger partial charge on any atom is -0.366 e. The number of aromatic nitrogens is 2. The van der Waals surface area contributed by atoms with Gasteiger partial charge < -0.3 is 15.5 Å². The average Bonchev–Trinajstić information content (AvgIpc) is 3.57. The van der Waals surface area contributed by atoms with Crippen molar-refractivity contribution in [2.24, 2.45) is 5.73 Å². The molecule has 2 N–H and O–H groups in total. The Bertz CT molecular complexity index is 1340. The van der Waals surface area contributed by atoms with Crippen molar-refractivity contribution >= 4 is 34.7 Å². The number of likely N-dealkylation sites (N-methyl/N-ethyl adjacent to an activating group) is 1. The van der Waals surface area contributed by atoms with Crippen molar-refractivity contribution in [3.8, 4) is 11.1 Å². The molecule has 8 heteroatoms. The number of nitrogens with zero attached hydrogens (tertiary/aromatic N) is 4. The maximum Gasteiger partial charge on any atom is 0.250 e. The van der Waals surface area contributed by atoms with Crippen LogP contribution in [0.15, 0.2) is 77.9 Å². The van der Waals surface area contributed by atoms with Gasteiger partial charge in [-0.05, 0) is 52.9 Å². The molecule has 3 heterocycles. The first-order valence-corrected chi connectivity index (χ1v) is 12.3. The van der Waals surface area contributed by atoms with E-state index in [2.05, 4.69) is 9.97 Å². The number of amides is 2. The number of anilines is 2. The molecule has 0 saturated heterocycles. The summed E-state index contributed by atoms with van der Waals surface area (Å²) in [6.45, 7) is 0.491. The Hall–Kier alpha value is -4.04. The highest BCUT2D eigenvalue weighted by atomic mass is 32.1. The van der Waals surface area contributed by atoms with E-state index in [-0.39, 0.29) is 5.91 Å². The number of pyridine rings is 1. The van der Waals surface area contributed by atoms with E-state index in [1.54, 1.807) is 22.8 Å². The van der Waals surface area contributed by atoms with Gasteiger partial charge in [-0.15, -0.1) is 11.3 Å². The maximum absolute atomic E-state index is 14.1. The summed E-state index contributed by atoms with van der Waals surface area (Å²) in [5.74, 6) is 0.226. The van der Waals surface area contributed by atoms with Gasteiger partial charge in [-0.25, -0.2) is 4.98 Å². The van der Waals surface area contributed by atoms with Gasteiger partial charge in [0.15, 0.2) is 0 Å². The van der Waals surface area contributed by atoms with Crippen LogP contribution in [0.1, 0.15) is 21.5 Å². The van der Waals surface area contributed by atoms with E-state index >= 15 is 0 Å². The largest absolute Gasteiger partial charge is 0.366 e. The van der Waals surface area contributed by atoms with Crippen LogP contribution in [0.25, 0.3) is 11.1 Å². The Kier molecular flexibility index (Phi) is 6.29. The molecule has 4 aromatic rings. The number of benzene rings is 2. The van der Waals surface area contributed by atoms with Crippen LogP contribution in [0.4, 0.5) is 11.5 Å². The maximum atomic E-state index is 14.1. The molecule has 176 valence electrons. The lowest BCUT2D eigenvalue weighted by Gasteiger charge is -2.31. The van der Waals surface area contributed by atoms with Gasteiger partial charge in [-0.2, -0.15) is 0 Å². The molecule has 0 fully saturated rings. The summed E-state index contributed by atoms with van der Waals surface area (Å²) in [6.07, 6.45) is 4.52. The molecule has 0 aliphatic carbocycles. The molecule has 2 amide bonds. The van der Waals surface area contributed by atoms with E-state index in [1.165, 1.54) is 11.3 Å². The molecule has 0 bridgehead atoms. The number of thiazole rings is 1. The quantitative estimate of drug-likeness (QED) is 0.430. The number of primary amides is 1. The van der Waals surface area contributed by atoms with Crippen molar-refractivity contribution in [1.82, 2.24) is 9.97 Å². The third-order valence-corrected chi connectivity index (χ3v) is 7.03. The van der Waals surface area contributed by atoms with Gasteiger partial charge in [0.1, 0.15) is 11.9 Å². The molecular formula is C27H25N5O2S. The topological polar surface area (TPSA) is 92.4 Å². The summed E-state index contributed by atoms with van der Waals surface area (Å²) in [4.78, 5) is 38.7. The highest BCUT2D eigenvalue weighted by Gasteiger charge is 2.35. The van der Waals surface area contributed by atoms with Crippen LogP contribution in [-0.4, -0.2) is 41.4 Å². The van der Waals surface area contributed by atoms with E-state index < -0.39 is 11.9 Å². The van der Waals surface area contributed by atoms with Crippen LogP contribution in [0.3, 0.4) is 0 Å². The average molecular weight is 484 g/mol. The zero-order valence-corrected chi connectivity index (χ0v) is 20.1. The Morgan fingerprint density at radius 2 is 1.89 bits per heavy atom. The third-order valence-electron chi connectivity index (χ3n) is 6.45. The molecule has 5 rings (SSSR count). The molecule has 1 aliphatic rings. The second kappa shape index (κ2) is 9.68.